The molecule has 5 nitrogen and oxygen atoms in total. The zero-order valence-electron chi connectivity index (χ0n) is 16.1. The number of hydrogen-bond donors (Lipinski definition) is 0. The summed E-state index contributed by atoms with van der Waals surface area (Å²) in [6.45, 7) is 6.45. The van der Waals surface area contributed by atoms with E-state index in [1.165, 1.54) is 5.56 Å². The van der Waals surface area contributed by atoms with Crippen LogP contribution in [0.2, 0.25) is 0 Å². The standard InChI is InChI=1S/C21H31NO4/c1-4-24-20(23)13-18-11-8-12-19(14-21-25-16(3)26-21)22(18)15(2)17-9-6-5-7-10-17/h5-7,9-10,15-16,18-19,21H,4,8,11-14H2,1-3H3/t15?,16?,18-,19+,21?/m0/s1. The van der Waals surface area contributed by atoms with Crippen LogP contribution in [-0.4, -0.2) is 42.1 Å². The highest BCUT2D eigenvalue weighted by molar-refractivity contribution is 5.70. The fourth-order valence-corrected chi connectivity index (χ4v) is 4.35. The molecule has 0 aliphatic carbocycles. The number of carbonyl (C=O) groups excluding carboxylic acids is 1. The highest BCUT2D eigenvalue weighted by Crippen LogP contribution is 2.37. The Balaban J connectivity index is 1.76. The Kier molecular flexibility index (Phi) is 6.68. The summed E-state index contributed by atoms with van der Waals surface area (Å²) < 4.78 is 16.6. The summed E-state index contributed by atoms with van der Waals surface area (Å²) in [5, 5.41) is 0. The number of piperidine rings is 1. The number of nitrogens with zero attached hydrogens (tertiary/aromatic N) is 1. The Labute approximate surface area is 156 Å². The van der Waals surface area contributed by atoms with Gasteiger partial charge in [-0.2, -0.15) is 0 Å². The molecule has 0 amide bonds. The van der Waals surface area contributed by atoms with E-state index in [1.54, 1.807) is 0 Å². The minimum absolute atomic E-state index is 0.0982. The second-order valence-electron chi connectivity index (χ2n) is 7.29. The van der Waals surface area contributed by atoms with Crippen molar-refractivity contribution in [3.05, 3.63) is 35.9 Å². The minimum atomic E-state index is -0.123. The van der Waals surface area contributed by atoms with E-state index < -0.39 is 0 Å². The molecule has 1 aromatic rings. The topological polar surface area (TPSA) is 48.0 Å². The Hall–Kier alpha value is -1.43. The molecule has 26 heavy (non-hydrogen) atoms. The molecule has 2 saturated heterocycles. The van der Waals surface area contributed by atoms with Gasteiger partial charge >= 0.3 is 5.97 Å². The zero-order valence-corrected chi connectivity index (χ0v) is 16.1. The maximum absolute atomic E-state index is 12.2. The van der Waals surface area contributed by atoms with Gasteiger partial charge in [-0.1, -0.05) is 36.8 Å². The van der Waals surface area contributed by atoms with Gasteiger partial charge in [-0.05, 0) is 39.2 Å². The lowest BCUT2D eigenvalue weighted by molar-refractivity contribution is -0.380. The van der Waals surface area contributed by atoms with Gasteiger partial charge < -0.3 is 14.2 Å². The highest BCUT2D eigenvalue weighted by Gasteiger charge is 2.39. The average Bonchev–Trinajstić information content (AvgIpc) is 2.61. The summed E-state index contributed by atoms with van der Waals surface area (Å²) in [5.41, 5.74) is 1.28. The van der Waals surface area contributed by atoms with Crippen LogP contribution in [0.5, 0.6) is 0 Å². The van der Waals surface area contributed by atoms with Crippen LogP contribution in [0, 0.1) is 0 Å². The van der Waals surface area contributed by atoms with Gasteiger partial charge in [0.1, 0.15) is 0 Å². The van der Waals surface area contributed by atoms with Crippen molar-refractivity contribution in [2.75, 3.05) is 6.61 Å². The first-order valence-electron chi connectivity index (χ1n) is 9.87. The molecular weight excluding hydrogens is 330 g/mol. The summed E-state index contributed by atoms with van der Waals surface area (Å²) in [6.07, 6.45) is 4.32. The molecule has 0 spiro atoms. The lowest BCUT2D eigenvalue weighted by Crippen LogP contribution is -2.52. The molecule has 0 N–H and O–H groups in total. The fraction of sp³-hybridized carbons (Fsp3) is 0.667. The lowest BCUT2D eigenvalue weighted by Gasteiger charge is -2.48. The maximum atomic E-state index is 12.2. The van der Waals surface area contributed by atoms with Crippen LogP contribution >= 0.6 is 0 Å². The average molecular weight is 361 g/mol. The number of rotatable bonds is 7. The van der Waals surface area contributed by atoms with Crippen molar-refractivity contribution in [1.82, 2.24) is 4.90 Å². The first kappa shape index (κ1) is 19.3. The van der Waals surface area contributed by atoms with Crippen molar-refractivity contribution in [2.45, 2.75) is 83.6 Å². The molecule has 2 heterocycles. The van der Waals surface area contributed by atoms with Gasteiger partial charge in [-0.25, -0.2) is 0 Å². The van der Waals surface area contributed by atoms with Crippen molar-refractivity contribution in [2.24, 2.45) is 0 Å². The van der Waals surface area contributed by atoms with E-state index in [2.05, 4.69) is 36.1 Å². The first-order valence-corrected chi connectivity index (χ1v) is 9.87. The molecule has 0 radical (unpaired) electrons. The molecule has 0 aromatic heterocycles. The number of ether oxygens (including phenoxy) is 3. The van der Waals surface area contributed by atoms with Crippen LogP contribution in [0.4, 0.5) is 0 Å². The molecule has 2 aliphatic heterocycles. The van der Waals surface area contributed by atoms with Gasteiger partial charge in [0.2, 0.25) is 0 Å². The Morgan fingerprint density at radius 3 is 2.58 bits per heavy atom. The number of benzene rings is 1. The molecule has 5 heteroatoms. The molecule has 3 rings (SSSR count). The molecule has 0 saturated carbocycles. The van der Waals surface area contributed by atoms with Gasteiger partial charge in [0.05, 0.1) is 13.0 Å². The van der Waals surface area contributed by atoms with E-state index in [1.807, 2.05) is 19.9 Å². The van der Waals surface area contributed by atoms with E-state index in [-0.39, 0.29) is 30.6 Å². The predicted molar refractivity (Wildman–Crippen MR) is 99.4 cm³/mol. The number of likely N-dealkylation sites (tertiary alicyclic amines) is 1. The van der Waals surface area contributed by atoms with Gasteiger partial charge in [-0.3, -0.25) is 9.69 Å². The quantitative estimate of drug-likeness (QED) is 0.686. The second-order valence-corrected chi connectivity index (χ2v) is 7.29. The van der Waals surface area contributed by atoms with Gasteiger partial charge in [-0.15, -0.1) is 0 Å². The number of esters is 1. The maximum Gasteiger partial charge on any atom is 0.307 e. The third-order valence-corrected chi connectivity index (χ3v) is 5.51. The minimum Gasteiger partial charge on any atom is -0.466 e. The Morgan fingerprint density at radius 1 is 1.23 bits per heavy atom. The van der Waals surface area contributed by atoms with Gasteiger partial charge in [0.25, 0.3) is 0 Å². The van der Waals surface area contributed by atoms with E-state index >= 15 is 0 Å². The molecule has 3 atom stereocenters. The van der Waals surface area contributed by atoms with Crippen molar-refractivity contribution >= 4 is 5.97 Å². The lowest BCUT2D eigenvalue weighted by atomic mass is 9.88. The molecular formula is C21H31NO4. The summed E-state index contributed by atoms with van der Waals surface area (Å²) in [4.78, 5) is 14.7. The van der Waals surface area contributed by atoms with Gasteiger partial charge in [0, 0.05) is 24.5 Å². The molecule has 144 valence electrons. The van der Waals surface area contributed by atoms with E-state index in [4.69, 9.17) is 14.2 Å². The van der Waals surface area contributed by atoms with Crippen LogP contribution in [-0.2, 0) is 19.0 Å². The van der Waals surface area contributed by atoms with E-state index in [0.29, 0.717) is 19.1 Å². The normalized spacial score (nSPS) is 30.4. The van der Waals surface area contributed by atoms with E-state index in [9.17, 15) is 4.79 Å². The summed E-state index contributed by atoms with van der Waals surface area (Å²) in [6, 6.07) is 11.3. The van der Waals surface area contributed by atoms with Crippen molar-refractivity contribution in [1.29, 1.82) is 0 Å². The SMILES string of the molecule is CCOC(=O)C[C@@H]1CCC[C@H](CC2OC(C)O2)N1C(C)c1ccccc1. The first-order chi connectivity index (χ1) is 12.6. The molecule has 1 unspecified atom stereocenters. The molecule has 0 bridgehead atoms. The van der Waals surface area contributed by atoms with E-state index in [0.717, 1.165) is 25.7 Å². The molecule has 2 aliphatic rings. The molecule has 2 fully saturated rings. The third-order valence-electron chi connectivity index (χ3n) is 5.51. The third kappa shape index (κ3) is 4.64. The number of carbonyl (C=O) groups is 1. The van der Waals surface area contributed by atoms with Crippen LogP contribution in [0.25, 0.3) is 0 Å². The Bertz CT molecular complexity index is 573. The van der Waals surface area contributed by atoms with Crippen molar-refractivity contribution in [3.63, 3.8) is 0 Å². The summed E-state index contributed by atoms with van der Waals surface area (Å²) in [5.74, 6) is -0.104. The predicted octanol–water partition coefficient (Wildman–Crippen LogP) is 4.03. The second kappa shape index (κ2) is 8.98. The van der Waals surface area contributed by atoms with Crippen molar-refractivity contribution < 1.29 is 19.0 Å². The van der Waals surface area contributed by atoms with Crippen LogP contribution < -0.4 is 0 Å². The van der Waals surface area contributed by atoms with Crippen molar-refractivity contribution in [3.8, 4) is 0 Å². The smallest absolute Gasteiger partial charge is 0.307 e. The van der Waals surface area contributed by atoms with Crippen LogP contribution in [0.15, 0.2) is 30.3 Å². The fourth-order valence-electron chi connectivity index (χ4n) is 4.35. The largest absolute Gasteiger partial charge is 0.466 e. The zero-order chi connectivity index (χ0) is 18.5. The monoisotopic (exact) mass is 361 g/mol. The highest BCUT2D eigenvalue weighted by atomic mass is 16.9. The van der Waals surface area contributed by atoms with Crippen LogP contribution in [0.3, 0.4) is 0 Å². The summed E-state index contributed by atoms with van der Waals surface area (Å²) >= 11 is 0. The number of hydrogen-bond acceptors (Lipinski definition) is 5. The van der Waals surface area contributed by atoms with Crippen LogP contribution in [0.1, 0.15) is 64.5 Å². The van der Waals surface area contributed by atoms with Gasteiger partial charge in [0.15, 0.2) is 12.6 Å². The molecule has 1 aromatic carbocycles. The summed E-state index contributed by atoms with van der Waals surface area (Å²) in [7, 11) is 0. The Morgan fingerprint density at radius 2 is 1.92 bits per heavy atom.